The van der Waals surface area contributed by atoms with Crippen LogP contribution in [0.25, 0.3) is 0 Å². The topological polar surface area (TPSA) is 181 Å². The number of ether oxygens (including phenoxy) is 4. The molecule has 59 heavy (non-hydrogen) atoms. The zero-order valence-corrected chi connectivity index (χ0v) is 38.4. The predicted octanol–water partition coefficient (Wildman–Crippen LogP) is 6.65. The monoisotopic (exact) mass is 871 g/mol. The highest BCUT2D eigenvalue weighted by atomic mass is 32.2. The SMILES string of the molecule is CC[C@H](OC)[C@@H](C)[C@H]1O[C@@H]1C(NS(=O)(=O)c1ccc(F)c(F)c1)C(C)(O)/C=C/C=C(\C)C1OC(=O)C[C@H](CC(C)(C)[Si](C)(C)O)CC[C@@](C)(O)[C@@H](OC(C)=O)/C=C/[C@@H]1C. The molecule has 4 N–H and O–H groups in total. The number of nitrogens with one attached hydrogen (secondary N) is 1. The van der Waals surface area contributed by atoms with Crippen molar-refractivity contribution in [2.24, 2.45) is 17.8 Å². The maximum Gasteiger partial charge on any atom is 0.306 e. The number of cyclic esters (lactones) is 1. The van der Waals surface area contributed by atoms with Gasteiger partial charge in [0.2, 0.25) is 10.0 Å². The van der Waals surface area contributed by atoms with Crippen LogP contribution in [-0.4, -0.2) is 98.6 Å². The fourth-order valence-corrected chi connectivity index (χ4v) is 9.78. The van der Waals surface area contributed by atoms with Crippen LogP contribution in [0.5, 0.6) is 0 Å². The Morgan fingerprint density at radius 3 is 2.36 bits per heavy atom. The van der Waals surface area contributed by atoms with Crippen molar-refractivity contribution >= 4 is 30.3 Å². The minimum absolute atomic E-state index is 0.00963. The highest BCUT2D eigenvalue weighted by Gasteiger charge is 2.55. The lowest BCUT2D eigenvalue weighted by Gasteiger charge is -2.39. The lowest BCUT2D eigenvalue weighted by molar-refractivity contribution is -0.156. The van der Waals surface area contributed by atoms with E-state index in [1.54, 1.807) is 46.1 Å². The number of sulfonamides is 1. The molecule has 1 fully saturated rings. The van der Waals surface area contributed by atoms with Gasteiger partial charge >= 0.3 is 11.9 Å². The fourth-order valence-electron chi connectivity index (χ4n) is 7.64. The molecule has 0 radical (unpaired) electrons. The van der Waals surface area contributed by atoms with Crippen molar-refractivity contribution in [1.29, 1.82) is 0 Å². The number of hydrogen-bond donors (Lipinski definition) is 4. The van der Waals surface area contributed by atoms with Crippen LogP contribution in [0.3, 0.4) is 0 Å². The smallest absolute Gasteiger partial charge is 0.306 e. The van der Waals surface area contributed by atoms with Crippen molar-refractivity contribution in [3.05, 3.63) is 65.8 Å². The molecule has 2 heterocycles. The predicted molar refractivity (Wildman–Crippen MR) is 223 cm³/mol. The second-order valence-electron chi connectivity index (χ2n) is 18.1. The second-order valence-corrected chi connectivity index (χ2v) is 24.3. The normalized spacial score (nSPS) is 29.6. The number of halogens is 2. The van der Waals surface area contributed by atoms with Crippen LogP contribution in [-0.2, 0) is 38.6 Å². The van der Waals surface area contributed by atoms with E-state index >= 15 is 0 Å². The van der Waals surface area contributed by atoms with Gasteiger partial charge in [-0.3, -0.25) is 9.59 Å². The van der Waals surface area contributed by atoms with Gasteiger partial charge in [-0.25, -0.2) is 21.9 Å². The van der Waals surface area contributed by atoms with Crippen molar-refractivity contribution in [3.63, 3.8) is 0 Å². The summed E-state index contributed by atoms with van der Waals surface area (Å²) in [6.07, 6.45) is 6.15. The van der Waals surface area contributed by atoms with Gasteiger partial charge < -0.3 is 34.0 Å². The summed E-state index contributed by atoms with van der Waals surface area (Å²) in [6.45, 7) is 19.2. The third-order valence-corrected chi connectivity index (χ3v) is 17.2. The van der Waals surface area contributed by atoms with Gasteiger partial charge in [0.25, 0.3) is 0 Å². The number of carbonyl (C=O) groups is 2. The molecule has 2 aliphatic rings. The Hall–Kier alpha value is -2.83. The molecule has 334 valence electrons. The highest BCUT2D eigenvalue weighted by Crippen LogP contribution is 2.44. The van der Waals surface area contributed by atoms with Crippen molar-refractivity contribution in [1.82, 2.24) is 4.72 Å². The molecule has 1 aromatic carbocycles. The molecular weight excluding hydrogens is 805 g/mol. The Morgan fingerprint density at radius 1 is 1.15 bits per heavy atom. The summed E-state index contributed by atoms with van der Waals surface area (Å²) in [5, 5.41) is 23.0. The number of hydrogen-bond acceptors (Lipinski definition) is 11. The quantitative estimate of drug-likeness (QED) is 0.0459. The third-order valence-electron chi connectivity index (χ3n) is 12.3. The number of carbonyl (C=O) groups excluding carboxylic acids is 2. The molecule has 2 aliphatic heterocycles. The van der Waals surface area contributed by atoms with Gasteiger partial charge in [0, 0.05) is 32.3 Å². The average molecular weight is 872 g/mol. The maximum absolute atomic E-state index is 14.1. The fraction of sp³-hybridized carbons (Fsp3) is 0.674. The molecule has 0 amide bonds. The van der Waals surface area contributed by atoms with Gasteiger partial charge in [-0.15, -0.1) is 0 Å². The molecule has 0 bridgehead atoms. The van der Waals surface area contributed by atoms with E-state index in [2.05, 4.69) is 4.72 Å². The number of allylic oxidation sites excluding steroid dienone is 2. The summed E-state index contributed by atoms with van der Waals surface area (Å²) < 4.78 is 80.7. The van der Waals surface area contributed by atoms with Crippen LogP contribution in [0.2, 0.25) is 18.1 Å². The van der Waals surface area contributed by atoms with Crippen molar-refractivity contribution in [2.45, 2.75) is 165 Å². The largest absolute Gasteiger partial charge is 0.457 e. The lowest BCUT2D eigenvalue weighted by atomic mass is 9.83. The summed E-state index contributed by atoms with van der Waals surface area (Å²) in [6, 6.07) is 0.891. The Bertz CT molecular complexity index is 1820. The van der Waals surface area contributed by atoms with Gasteiger partial charge in [-0.2, -0.15) is 0 Å². The van der Waals surface area contributed by atoms with E-state index in [0.29, 0.717) is 37.0 Å². The minimum atomic E-state index is -4.51. The van der Waals surface area contributed by atoms with Gasteiger partial charge in [0.05, 0.1) is 28.7 Å². The van der Waals surface area contributed by atoms with E-state index in [0.717, 1.165) is 6.07 Å². The number of rotatable bonds is 16. The standard InChI is InChI=1S/C43H67F2NO11SSi/c1-13-34(54-10)28(4)38-39(57-38)40(46-58(51,52)31-17-18-32(44)33(45)24-31)43(9,50)21-14-15-26(2)37-27(3)16-19-35(55-29(5)47)42(8,49)22-20-30(23-36(48)56-37)25-41(6,7)59(11,12)53/h14-19,21,24,27-28,30,34-35,37-40,46,49-50,53H,13,20,22-23,25H2,1-12H3/b19-16+,21-14+,26-15+/t27-,28+,30+,34-,35-,37?,38+,39-,40?,42+,43?/m0/s1. The van der Waals surface area contributed by atoms with Gasteiger partial charge in [0.1, 0.15) is 23.9 Å². The van der Waals surface area contributed by atoms with Crippen LogP contribution < -0.4 is 4.72 Å². The van der Waals surface area contributed by atoms with Crippen LogP contribution >= 0.6 is 0 Å². The summed E-state index contributed by atoms with van der Waals surface area (Å²) >= 11 is 0. The molecule has 11 atom stereocenters. The molecule has 0 aromatic heterocycles. The molecular formula is C43H67F2NO11SSi. The Labute approximate surface area is 350 Å². The zero-order valence-electron chi connectivity index (χ0n) is 36.6. The van der Waals surface area contributed by atoms with Crippen molar-refractivity contribution < 1.29 is 60.7 Å². The van der Waals surface area contributed by atoms with Gasteiger partial charge in [-0.1, -0.05) is 58.9 Å². The number of methoxy groups -OCH3 is 1. The first kappa shape index (κ1) is 50.5. The first-order valence-corrected chi connectivity index (χ1v) is 24.7. The zero-order chi connectivity index (χ0) is 44.9. The molecule has 3 rings (SSSR count). The molecule has 3 unspecified atom stereocenters. The van der Waals surface area contributed by atoms with Gasteiger partial charge in [0.15, 0.2) is 20.0 Å². The highest BCUT2D eigenvalue weighted by molar-refractivity contribution is 7.89. The van der Waals surface area contributed by atoms with Crippen LogP contribution in [0.4, 0.5) is 8.78 Å². The molecule has 0 aliphatic carbocycles. The second kappa shape index (κ2) is 19.9. The van der Waals surface area contributed by atoms with E-state index < -0.39 is 99.4 Å². The summed E-state index contributed by atoms with van der Waals surface area (Å²) in [5.74, 6) is -4.59. The van der Waals surface area contributed by atoms with Crippen molar-refractivity contribution in [2.75, 3.05) is 7.11 Å². The Balaban J connectivity index is 2.02. The average Bonchev–Trinajstić information content (AvgIpc) is 3.91. The third kappa shape index (κ3) is 13.6. The minimum Gasteiger partial charge on any atom is -0.457 e. The number of aliphatic hydroxyl groups is 2. The molecule has 16 heteroatoms. The summed E-state index contributed by atoms with van der Waals surface area (Å²) in [4.78, 5) is 36.4. The van der Waals surface area contributed by atoms with E-state index in [9.17, 15) is 41.8 Å². The van der Waals surface area contributed by atoms with Gasteiger partial charge in [-0.05, 0) is 100 Å². The molecule has 12 nitrogen and oxygen atoms in total. The Morgan fingerprint density at radius 2 is 1.80 bits per heavy atom. The van der Waals surface area contributed by atoms with Crippen LogP contribution in [0, 0.1) is 29.4 Å². The molecule has 0 spiro atoms. The molecule has 1 saturated heterocycles. The van der Waals surface area contributed by atoms with E-state index in [1.165, 1.54) is 26.0 Å². The molecule has 0 saturated carbocycles. The van der Waals surface area contributed by atoms with Crippen LogP contribution in [0.1, 0.15) is 94.4 Å². The number of esters is 2. The van der Waals surface area contributed by atoms with E-state index in [-0.39, 0.29) is 30.8 Å². The van der Waals surface area contributed by atoms with Crippen LogP contribution in [0.15, 0.2) is 59.0 Å². The van der Waals surface area contributed by atoms with E-state index in [4.69, 9.17) is 18.9 Å². The lowest BCUT2D eigenvalue weighted by Crippen LogP contribution is -2.54. The van der Waals surface area contributed by atoms with Crippen molar-refractivity contribution in [3.8, 4) is 0 Å². The van der Waals surface area contributed by atoms with E-state index in [1.807, 2.05) is 40.8 Å². The molecule has 1 aromatic rings. The number of benzene rings is 1. The number of epoxide rings is 1. The maximum atomic E-state index is 14.1. The summed E-state index contributed by atoms with van der Waals surface area (Å²) in [7, 11) is -5.62. The first-order valence-electron chi connectivity index (χ1n) is 20.3. The first-order chi connectivity index (χ1) is 27.1. The Kier molecular flexibility index (Phi) is 17.0. The summed E-state index contributed by atoms with van der Waals surface area (Å²) in [5.41, 5.74) is -2.84.